The number of carbonyl (C=O) groups excluding carboxylic acids is 1. The molecule has 2 fully saturated rings. The number of hydrogen-bond donors (Lipinski definition) is 2. The number of amides is 1. The number of carbonyl (C=O) groups is 1. The van der Waals surface area contributed by atoms with Gasteiger partial charge in [-0.15, -0.1) is 0 Å². The standard InChI is InChI=1S/C18H21BrN4O/c1-23-11-12(8-21-23)15-9-20-10-16(15)17(24)22-18(6-7-18)13-2-4-14(19)5-3-13/h2-5,8,11,15-16,20H,6-7,9-10H2,1H3,(H,22,24)/t15-,16+/m1/s1. The first-order valence-corrected chi connectivity index (χ1v) is 9.14. The molecule has 1 saturated heterocycles. The van der Waals surface area contributed by atoms with Gasteiger partial charge in [0, 0.05) is 36.7 Å². The van der Waals surface area contributed by atoms with Crippen LogP contribution in [-0.2, 0) is 17.4 Å². The summed E-state index contributed by atoms with van der Waals surface area (Å²) in [4.78, 5) is 12.9. The van der Waals surface area contributed by atoms with Crippen molar-refractivity contribution in [3.05, 3.63) is 52.3 Å². The number of nitrogens with one attached hydrogen (secondary N) is 2. The van der Waals surface area contributed by atoms with Gasteiger partial charge < -0.3 is 10.6 Å². The summed E-state index contributed by atoms with van der Waals surface area (Å²) >= 11 is 3.47. The predicted octanol–water partition coefficient (Wildman–Crippen LogP) is 2.29. The third-order valence-electron chi connectivity index (χ3n) is 5.21. The largest absolute Gasteiger partial charge is 0.346 e. The lowest BCUT2D eigenvalue weighted by Gasteiger charge is -2.23. The van der Waals surface area contributed by atoms with Gasteiger partial charge in [0.25, 0.3) is 0 Å². The van der Waals surface area contributed by atoms with Crippen LogP contribution in [0, 0.1) is 5.92 Å². The van der Waals surface area contributed by atoms with Crippen molar-refractivity contribution < 1.29 is 4.79 Å². The molecule has 0 unspecified atom stereocenters. The van der Waals surface area contributed by atoms with E-state index in [1.807, 2.05) is 31.6 Å². The summed E-state index contributed by atoms with van der Waals surface area (Å²) in [5.41, 5.74) is 2.17. The highest BCUT2D eigenvalue weighted by molar-refractivity contribution is 9.10. The fourth-order valence-electron chi connectivity index (χ4n) is 3.64. The first-order chi connectivity index (χ1) is 11.6. The first-order valence-electron chi connectivity index (χ1n) is 8.35. The number of benzene rings is 1. The van der Waals surface area contributed by atoms with Crippen molar-refractivity contribution in [2.45, 2.75) is 24.3 Å². The minimum atomic E-state index is -0.167. The van der Waals surface area contributed by atoms with Gasteiger partial charge in [-0.25, -0.2) is 0 Å². The average molecular weight is 389 g/mol. The second kappa shape index (κ2) is 6.01. The first kappa shape index (κ1) is 15.8. The van der Waals surface area contributed by atoms with Gasteiger partial charge in [0.05, 0.1) is 17.7 Å². The zero-order valence-electron chi connectivity index (χ0n) is 13.6. The molecular formula is C18H21BrN4O. The van der Waals surface area contributed by atoms with E-state index in [1.165, 1.54) is 5.56 Å². The number of nitrogens with zero attached hydrogens (tertiary/aromatic N) is 2. The van der Waals surface area contributed by atoms with Crippen molar-refractivity contribution in [3.8, 4) is 0 Å². The fraction of sp³-hybridized carbons (Fsp3) is 0.444. The number of halogens is 1. The molecule has 4 rings (SSSR count). The highest BCUT2D eigenvalue weighted by atomic mass is 79.9. The zero-order chi connectivity index (χ0) is 16.7. The van der Waals surface area contributed by atoms with Crippen LogP contribution in [0.4, 0.5) is 0 Å². The molecule has 1 aliphatic carbocycles. The smallest absolute Gasteiger partial charge is 0.225 e. The molecule has 126 valence electrons. The average Bonchev–Trinajstić information content (AvgIpc) is 2.98. The third kappa shape index (κ3) is 2.89. The molecule has 1 aromatic heterocycles. The predicted molar refractivity (Wildman–Crippen MR) is 95.5 cm³/mol. The van der Waals surface area contributed by atoms with Crippen LogP contribution in [0.2, 0.25) is 0 Å². The highest BCUT2D eigenvalue weighted by Gasteiger charge is 2.47. The Morgan fingerprint density at radius 2 is 2.08 bits per heavy atom. The van der Waals surface area contributed by atoms with Crippen LogP contribution < -0.4 is 10.6 Å². The van der Waals surface area contributed by atoms with Gasteiger partial charge in [-0.05, 0) is 36.1 Å². The lowest BCUT2D eigenvalue weighted by molar-refractivity contribution is -0.125. The molecule has 1 aromatic carbocycles. The van der Waals surface area contributed by atoms with Gasteiger partial charge in [-0.2, -0.15) is 5.10 Å². The lowest BCUT2D eigenvalue weighted by atomic mass is 9.89. The summed E-state index contributed by atoms with van der Waals surface area (Å²) in [5, 5.41) is 10.9. The number of aromatic nitrogens is 2. The molecular weight excluding hydrogens is 368 g/mol. The van der Waals surface area contributed by atoms with Gasteiger partial charge in [0.1, 0.15) is 0 Å². The van der Waals surface area contributed by atoms with Gasteiger partial charge in [-0.3, -0.25) is 9.48 Å². The molecule has 0 radical (unpaired) electrons. The minimum Gasteiger partial charge on any atom is -0.346 e. The third-order valence-corrected chi connectivity index (χ3v) is 5.74. The fourth-order valence-corrected chi connectivity index (χ4v) is 3.91. The van der Waals surface area contributed by atoms with E-state index in [0.29, 0.717) is 0 Å². The Bertz CT molecular complexity index is 751. The normalized spacial score (nSPS) is 24.8. The summed E-state index contributed by atoms with van der Waals surface area (Å²) in [5.74, 6) is 0.302. The summed E-state index contributed by atoms with van der Waals surface area (Å²) in [7, 11) is 1.91. The Morgan fingerprint density at radius 1 is 1.33 bits per heavy atom. The molecule has 5 nitrogen and oxygen atoms in total. The molecule has 1 aliphatic heterocycles. The maximum Gasteiger partial charge on any atom is 0.225 e. The Hall–Kier alpha value is -1.66. The molecule has 0 spiro atoms. The van der Waals surface area contributed by atoms with Crippen LogP contribution in [0.5, 0.6) is 0 Å². The zero-order valence-corrected chi connectivity index (χ0v) is 15.2. The van der Waals surface area contributed by atoms with Crippen LogP contribution in [0.1, 0.15) is 29.9 Å². The quantitative estimate of drug-likeness (QED) is 0.844. The SMILES string of the molecule is Cn1cc([C@H]2CNC[C@@H]2C(=O)NC2(c3ccc(Br)cc3)CC2)cn1. The van der Waals surface area contributed by atoms with Crippen LogP contribution in [0.25, 0.3) is 0 Å². The van der Waals surface area contributed by atoms with Crippen molar-refractivity contribution in [2.75, 3.05) is 13.1 Å². The van der Waals surface area contributed by atoms with E-state index in [4.69, 9.17) is 0 Å². The van der Waals surface area contributed by atoms with Crippen molar-refractivity contribution in [2.24, 2.45) is 13.0 Å². The van der Waals surface area contributed by atoms with E-state index >= 15 is 0 Å². The molecule has 1 amide bonds. The van der Waals surface area contributed by atoms with Crippen molar-refractivity contribution in [1.82, 2.24) is 20.4 Å². The van der Waals surface area contributed by atoms with Gasteiger partial charge in [-0.1, -0.05) is 28.1 Å². The van der Waals surface area contributed by atoms with Crippen LogP contribution in [0.3, 0.4) is 0 Å². The Labute approximate surface area is 149 Å². The summed E-state index contributed by atoms with van der Waals surface area (Å²) in [6.07, 6.45) is 5.91. The van der Waals surface area contributed by atoms with Crippen LogP contribution >= 0.6 is 15.9 Å². The van der Waals surface area contributed by atoms with Crippen molar-refractivity contribution in [1.29, 1.82) is 0 Å². The molecule has 6 heteroatoms. The van der Waals surface area contributed by atoms with Gasteiger partial charge in [0.15, 0.2) is 0 Å². The van der Waals surface area contributed by atoms with E-state index in [2.05, 4.69) is 43.8 Å². The maximum absolute atomic E-state index is 12.9. The van der Waals surface area contributed by atoms with E-state index < -0.39 is 0 Å². The number of hydrogen-bond acceptors (Lipinski definition) is 3. The summed E-state index contributed by atoms with van der Waals surface area (Å²) < 4.78 is 2.86. The van der Waals surface area contributed by atoms with Crippen molar-refractivity contribution >= 4 is 21.8 Å². The van der Waals surface area contributed by atoms with Crippen molar-refractivity contribution in [3.63, 3.8) is 0 Å². The molecule has 0 bridgehead atoms. The molecule has 1 saturated carbocycles. The highest BCUT2D eigenvalue weighted by Crippen LogP contribution is 2.46. The summed E-state index contributed by atoms with van der Waals surface area (Å²) in [6.45, 7) is 1.55. The van der Waals surface area contributed by atoms with E-state index in [1.54, 1.807) is 4.68 Å². The van der Waals surface area contributed by atoms with E-state index in [0.717, 1.165) is 36.0 Å². The topological polar surface area (TPSA) is 59.0 Å². The maximum atomic E-state index is 12.9. The van der Waals surface area contributed by atoms with Crippen LogP contribution in [0.15, 0.2) is 41.1 Å². The monoisotopic (exact) mass is 388 g/mol. The number of rotatable bonds is 4. The lowest BCUT2D eigenvalue weighted by Crippen LogP contribution is -2.41. The number of aryl methyl sites for hydroxylation is 1. The van der Waals surface area contributed by atoms with Crippen LogP contribution in [-0.4, -0.2) is 28.8 Å². The minimum absolute atomic E-state index is 0.0397. The van der Waals surface area contributed by atoms with E-state index in [9.17, 15) is 4.79 Å². The molecule has 2 atom stereocenters. The van der Waals surface area contributed by atoms with Gasteiger partial charge >= 0.3 is 0 Å². The molecule has 2 aromatic rings. The molecule has 2 aliphatic rings. The summed E-state index contributed by atoms with van der Waals surface area (Å²) in [6, 6.07) is 8.28. The Kier molecular flexibility index (Phi) is 3.96. The van der Waals surface area contributed by atoms with Gasteiger partial charge in [0.2, 0.25) is 5.91 Å². The molecule has 24 heavy (non-hydrogen) atoms. The molecule has 2 heterocycles. The molecule has 2 N–H and O–H groups in total. The van der Waals surface area contributed by atoms with E-state index in [-0.39, 0.29) is 23.3 Å². The second-order valence-corrected chi connectivity index (χ2v) is 7.81. The second-order valence-electron chi connectivity index (χ2n) is 6.90. The Balaban J connectivity index is 1.50. The Morgan fingerprint density at radius 3 is 2.71 bits per heavy atom.